The van der Waals surface area contributed by atoms with Crippen LogP contribution < -0.4 is 16.4 Å². The Morgan fingerprint density at radius 3 is 2.31 bits per heavy atom. The number of rotatable bonds is 3. The Balaban J connectivity index is 0.00000240. The molecule has 1 aliphatic heterocycles. The van der Waals surface area contributed by atoms with Gasteiger partial charge in [-0.15, -0.1) is 49.6 Å². The van der Waals surface area contributed by atoms with Crippen LogP contribution in [0, 0.1) is 5.82 Å². The van der Waals surface area contributed by atoms with Crippen molar-refractivity contribution in [2.75, 3.05) is 42.7 Å². The minimum atomic E-state index is -0.678. The summed E-state index contributed by atoms with van der Waals surface area (Å²) in [6, 6.07) is 6.05. The summed E-state index contributed by atoms with van der Waals surface area (Å²) in [5, 5.41) is 10.3. The quantitative estimate of drug-likeness (QED) is 0.468. The fraction of sp³-hybridized carbons (Fsp3) is 0.222. The number of ether oxygens (including phenoxy) is 1. The second-order valence-electron chi connectivity index (χ2n) is 6.19. The molecule has 0 aliphatic carbocycles. The molecule has 0 radical (unpaired) electrons. The number of pyridine rings is 2. The maximum Gasteiger partial charge on any atom is 0.222 e. The molecule has 0 spiro atoms. The third kappa shape index (κ3) is 6.11. The van der Waals surface area contributed by atoms with Gasteiger partial charge in [-0.25, -0.2) is 19.3 Å². The van der Waals surface area contributed by atoms with Crippen molar-refractivity contribution in [2.24, 2.45) is 0 Å². The van der Waals surface area contributed by atoms with E-state index >= 15 is 0 Å². The van der Waals surface area contributed by atoms with Crippen molar-refractivity contribution in [1.82, 2.24) is 19.9 Å². The number of nitrogens with two attached hydrogens (primary N) is 2. The fourth-order valence-electron chi connectivity index (χ4n) is 2.98. The smallest absolute Gasteiger partial charge is 0.222 e. The molecule has 0 saturated carbocycles. The Morgan fingerprint density at radius 1 is 0.938 bits per heavy atom. The zero-order chi connectivity index (χ0) is 19.7. The topological polar surface area (TPSA) is 136 Å². The molecule has 0 atom stereocenters. The molecule has 32 heavy (non-hydrogen) atoms. The molecule has 1 aliphatic rings. The first kappa shape index (κ1) is 29.6. The van der Waals surface area contributed by atoms with E-state index in [1.165, 1.54) is 24.4 Å². The molecule has 4 rings (SSSR count). The molecule has 3 aromatic rings. The van der Waals surface area contributed by atoms with E-state index < -0.39 is 5.82 Å². The van der Waals surface area contributed by atoms with Crippen LogP contribution in [0.25, 0.3) is 22.6 Å². The van der Waals surface area contributed by atoms with Crippen molar-refractivity contribution in [3.05, 3.63) is 36.3 Å². The zero-order valence-electron chi connectivity index (χ0n) is 16.5. The summed E-state index contributed by atoms with van der Waals surface area (Å²) in [6.07, 6.45) is 1.39. The van der Waals surface area contributed by atoms with Crippen molar-refractivity contribution in [3.8, 4) is 28.4 Å². The molecule has 0 amide bonds. The van der Waals surface area contributed by atoms with E-state index in [0.717, 1.165) is 0 Å². The molecule has 3 aromatic heterocycles. The number of nitrogens with zero attached hydrogens (tertiary/aromatic N) is 5. The Labute approximate surface area is 208 Å². The van der Waals surface area contributed by atoms with E-state index in [4.69, 9.17) is 16.2 Å². The lowest BCUT2D eigenvalue weighted by Gasteiger charge is -2.28. The first-order chi connectivity index (χ1) is 13.5. The lowest BCUT2D eigenvalue weighted by molar-refractivity contribution is 0.122. The van der Waals surface area contributed by atoms with Crippen LogP contribution in [0.3, 0.4) is 0 Å². The van der Waals surface area contributed by atoms with Gasteiger partial charge >= 0.3 is 0 Å². The summed E-state index contributed by atoms with van der Waals surface area (Å²) in [5.74, 6) is -0.364. The highest BCUT2D eigenvalue weighted by Gasteiger charge is 2.18. The largest absolute Gasteiger partial charge is 0.506 e. The van der Waals surface area contributed by atoms with Crippen molar-refractivity contribution in [2.45, 2.75) is 0 Å². The van der Waals surface area contributed by atoms with Gasteiger partial charge in [0.05, 0.1) is 18.9 Å². The number of hydrogen-bond acceptors (Lipinski definition) is 9. The van der Waals surface area contributed by atoms with Crippen molar-refractivity contribution < 1.29 is 14.2 Å². The Hall–Kier alpha value is -2.37. The summed E-state index contributed by atoms with van der Waals surface area (Å²) in [4.78, 5) is 18.6. The fourth-order valence-corrected chi connectivity index (χ4v) is 2.98. The minimum absolute atomic E-state index is 0. The van der Waals surface area contributed by atoms with Crippen LogP contribution in [0.1, 0.15) is 0 Å². The number of aromatic nitrogens is 4. The number of halogens is 5. The minimum Gasteiger partial charge on any atom is -0.506 e. The molecule has 0 unspecified atom stereocenters. The van der Waals surface area contributed by atoms with Gasteiger partial charge in [-0.2, -0.15) is 4.98 Å². The van der Waals surface area contributed by atoms with Gasteiger partial charge < -0.3 is 26.2 Å². The number of hydrogen-bond donors (Lipinski definition) is 3. The van der Waals surface area contributed by atoms with Crippen molar-refractivity contribution in [3.63, 3.8) is 0 Å². The van der Waals surface area contributed by atoms with Gasteiger partial charge in [0.1, 0.15) is 23.0 Å². The summed E-state index contributed by atoms with van der Waals surface area (Å²) in [5.41, 5.74) is 12.4. The first-order valence-corrected chi connectivity index (χ1v) is 8.61. The molecule has 0 bridgehead atoms. The molecular weight excluding hydrogens is 507 g/mol. The molecule has 9 nitrogen and oxygen atoms in total. The van der Waals surface area contributed by atoms with Gasteiger partial charge in [-0.3, -0.25) is 0 Å². The van der Waals surface area contributed by atoms with Crippen molar-refractivity contribution >= 4 is 67.2 Å². The van der Waals surface area contributed by atoms with Crippen LogP contribution in [0.2, 0.25) is 0 Å². The van der Waals surface area contributed by atoms with E-state index in [1.54, 1.807) is 6.07 Å². The Kier molecular flexibility index (Phi) is 11.7. The summed E-state index contributed by atoms with van der Waals surface area (Å²) < 4.78 is 19.7. The average molecular weight is 529 g/mol. The Bertz CT molecular complexity index is 1040. The summed E-state index contributed by atoms with van der Waals surface area (Å²) in [6.45, 7) is 2.50. The highest BCUT2D eigenvalue weighted by atomic mass is 35.5. The average Bonchev–Trinajstić information content (AvgIpc) is 2.71. The second kappa shape index (κ2) is 12.6. The van der Waals surface area contributed by atoms with Gasteiger partial charge in [0.25, 0.3) is 0 Å². The number of anilines is 3. The maximum atomic E-state index is 14.3. The van der Waals surface area contributed by atoms with E-state index in [2.05, 4.69) is 19.9 Å². The molecule has 1 fully saturated rings. The third-order valence-electron chi connectivity index (χ3n) is 4.37. The summed E-state index contributed by atoms with van der Waals surface area (Å²) >= 11 is 0. The summed E-state index contributed by atoms with van der Waals surface area (Å²) in [7, 11) is 0. The molecular formula is C18H22Cl4FN7O2. The van der Waals surface area contributed by atoms with E-state index in [0.29, 0.717) is 37.8 Å². The van der Waals surface area contributed by atoms with E-state index in [9.17, 15) is 9.50 Å². The van der Waals surface area contributed by atoms with Gasteiger partial charge in [-0.05, 0) is 18.2 Å². The lowest BCUT2D eigenvalue weighted by atomic mass is 10.1. The second-order valence-corrected chi connectivity index (χ2v) is 6.19. The lowest BCUT2D eigenvalue weighted by Crippen LogP contribution is -2.36. The van der Waals surface area contributed by atoms with E-state index in [1.807, 2.05) is 4.90 Å². The van der Waals surface area contributed by atoms with Crippen LogP contribution >= 0.6 is 49.6 Å². The number of nitrogen functional groups attached to an aromatic ring is 2. The SMILES string of the molecule is Cl.Cl.Cl.Cl.Nc1nc(-c2nc(-c3ccnc(N)c3F)ccc2O)cc(N2CCOCC2)n1. The normalized spacial score (nSPS) is 12.5. The van der Waals surface area contributed by atoms with Gasteiger partial charge in [-0.1, -0.05) is 0 Å². The Morgan fingerprint density at radius 2 is 1.62 bits per heavy atom. The standard InChI is InChI=1S/C18H18FN7O2.4ClH/c19-15-10(3-4-22-17(15)20)11-1-2-13(27)16(23-11)12-9-14(25-18(21)24-12)26-5-7-28-8-6-26;;;;/h1-4,9,27H,5-8H2,(H2,20,22)(H2,21,24,25);4*1H. The first-order valence-electron chi connectivity index (χ1n) is 8.61. The monoisotopic (exact) mass is 527 g/mol. The molecule has 4 heterocycles. The molecule has 5 N–H and O–H groups in total. The molecule has 0 aromatic carbocycles. The van der Waals surface area contributed by atoms with Crippen LogP contribution in [0.15, 0.2) is 30.5 Å². The molecule has 14 heteroatoms. The van der Waals surface area contributed by atoms with Crippen molar-refractivity contribution in [1.29, 1.82) is 0 Å². The van der Waals surface area contributed by atoms with Gasteiger partial charge in [0, 0.05) is 30.9 Å². The number of morpholine rings is 1. The molecule has 1 saturated heterocycles. The zero-order valence-corrected chi connectivity index (χ0v) is 19.7. The maximum absolute atomic E-state index is 14.3. The van der Waals surface area contributed by atoms with E-state index in [-0.39, 0.29) is 84.1 Å². The van der Waals surface area contributed by atoms with Crippen LogP contribution in [0.4, 0.5) is 22.0 Å². The predicted octanol–water partition coefficient (Wildman–Crippen LogP) is 3.13. The van der Waals surface area contributed by atoms with Crippen LogP contribution in [-0.4, -0.2) is 51.3 Å². The molecule has 176 valence electrons. The third-order valence-corrected chi connectivity index (χ3v) is 4.37. The van der Waals surface area contributed by atoms with Crippen LogP contribution in [0.5, 0.6) is 5.75 Å². The van der Waals surface area contributed by atoms with Gasteiger partial charge in [0.2, 0.25) is 5.95 Å². The highest BCUT2D eigenvalue weighted by molar-refractivity contribution is 5.86. The predicted molar refractivity (Wildman–Crippen MR) is 131 cm³/mol. The number of aromatic hydroxyl groups is 1. The van der Waals surface area contributed by atoms with Gasteiger partial charge in [0.15, 0.2) is 11.6 Å². The van der Waals surface area contributed by atoms with Crippen LogP contribution in [-0.2, 0) is 4.74 Å². The highest BCUT2D eigenvalue weighted by Crippen LogP contribution is 2.32.